The van der Waals surface area contributed by atoms with Gasteiger partial charge in [-0.3, -0.25) is 0 Å². The third-order valence-corrected chi connectivity index (χ3v) is 3.64. The zero-order valence-electron chi connectivity index (χ0n) is 13.1. The van der Waals surface area contributed by atoms with Gasteiger partial charge in [-0.15, -0.1) is 0 Å². The van der Waals surface area contributed by atoms with Crippen molar-refractivity contribution in [2.75, 3.05) is 13.7 Å². The van der Waals surface area contributed by atoms with E-state index >= 15 is 0 Å². The third kappa shape index (κ3) is 3.42. The fourth-order valence-corrected chi connectivity index (χ4v) is 2.46. The molecule has 2 aromatic rings. The molecule has 0 saturated carbocycles. The van der Waals surface area contributed by atoms with E-state index in [0.29, 0.717) is 5.56 Å². The van der Waals surface area contributed by atoms with Gasteiger partial charge in [-0.05, 0) is 66.9 Å². The van der Waals surface area contributed by atoms with E-state index in [9.17, 15) is 4.39 Å². The summed E-state index contributed by atoms with van der Waals surface area (Å²) in [5.74, 6) is 0.642. The third-order valence-electron chi connectivity index (χ3n) is 3.64. The van der Waals surface area contributed by atoms with Crippen LogP contribution in [0.25, 0.3) is 11.1 Å². The Labute approximate surface area is 126 Å². The van der Waals surface area contributed by atoms with Crippen LogP contribution < -0.4 is 10.1 Å². The zero-order chi connectivity index (χ0) is 15.4. The summed E-state index contributed by atoms with van der Waals surface area (Å²) >= 11 is 0. The lowest BCUT2D eigenvalue weighted by Crippen LogP contribution is -2.11. The van der Waals surface area contributed by atoms with Crippen molar-refractivity contribution in [3.05, 3.63) is 52.8 Å². The summed E-state index contributed by atoms with van der Waals surface area (Å²) in [5, 5.41) is 3.26. The highest BCUT2D eigenvalue weighted by atomic mass is 19.1. The summed E-state index contributed by atoms with van der Waals surface area (Å²) in [6, 6.07) is 9.24. The quantitative estimate of drug-likeness (QED) is 0.888. The molecule has 2 rings (SSSR count). The van der Waals surface area contributed by atoms with E-state index < -0.39 is 0 Å². The van der Waals surface area contributed by atoms with Crippen LogP contribution >= 0.6 is 0 Å². The molecule has 0 radical (unpaired) electrons. The van der Waals surface area contributed by atoms with E-state index in [0.717, 1.165) is 41.1 Å². The van der Waals surface area contributed by atoms with Crippen molar-refractivity contribution in [3.63, 3.8) is 0 Å². The van der Waals surface area contributed by atoms with Crippen molar-refractivity contribution in [2.45, 2.75) is 27.3 Å². The number of benzene rings is 2. The fraction of sp³-hybridized carbons (Fsp3) is 0.333. The molecule has 0 aromatic heterocycles. The molecule has 0 atom stereocenters. The van der Waals surface area contributed by atoms with Gasteiger partial charge in [0.2, 0.25) is 0 Å². The second-order valence-corrected chi connectivity index (χ2v) is 5.23. The van der Waals surface area contributed by atoms with Crippen molar-refractivity contribution < 1.29 is 9.13 Å². The first-order valence-electron chi connectivity index (χ1n) is 7.21. The molecule has 0 aliphatic carbocycles. The Bertz CT molecular complexity index is 637. The molecular formula is C18H22FNO. The lowest BCUT2D eigenvalue weighted by Gasteiger charge is -2.13. The summed E-state index contributed by atoms with van der Waals surface area (Å²) in [7, 11) is 1.65. The summed E-state index contributed by atoms with van der Waals surface area (Å²) < 4.78 is 19.5. The maximum absolute atomic E-state index is 14.2. The Hall–Kier alpha value is -1.87. The summed E-state index contributed by atoms with van der Waals surface area (Å²) in [6.45, 7) is 7.66. The SMILES string of the molecule is CCNCc1ccc(F)c(-c2cc(C)c(OC)cc2C)c1. The number of halogens is 1. The average molecular weight is 287 g/mol. The highest BCUT2D eigenvalue weighted by Crippen LogP contribution is 2.32. The Balaban J connectivity index is 2.48. The van der Waals surface area contributed by atoms with E-state index in [1.54, 1.807) is 13.2 Å². The minimum atomic E-state index is -0.192. The normalized spacial score (nSPS) is 10.7. The molecule has 0 unspecified atom stereocenters. The molecule has 2 aromatic carbocycles. The topological polar surface area (TPSA) is 21.3 Å². The van der Waals surface area contributed by atoms with Crippen LogP contribution in [-0.4, -0.2) is 13.7 Å². The second-order valence-electron chi connectivity index (χ2n) is 5.23. The number of nitrogens with one attached hydrogen (secondary N) is 1. The van der Waals surface area contributed by atoms with E-state index in [1.807, 2.05) is 38.1 Å². The molecule has 3 heteroatoms. The number of rotatable bonds is 5. The van der Waals surface area contributed by atoms with Gasteiger partial charge in [0.1, 0.15) is 11.6 Å². The van der Waals surface area contributed by atoms with E-state index in [-0.39, 0.29) is 5.82 Å². The van der Waals surface area contributed by atoms with Crippen LogP contribution in [0.4, 0.5) is 4.39 Å². The van der Waals surface area contributed by atoms with Crippen molar-refractivity contribution in [1.29, 1.82) is 0 Å². The standard InChI is InChI=1S/C18H22FNO/c1-5-20-11-14-6-7-17(19)16(10-14)15-8-13(3)18(21-4)9-12(15)2/h6-10,20H,5,11H2,1-4H3. The number of methoxy groups -OCH3 is 1. The minimum Gasteiger partial charge on any atom is -0.496 e. The predicted molar refractivity (Wildman–Crippen MR) is 85.2 cm³/mol. The molecule has 0 aliphatic rings. The number of hydrogen-bond donors (Lipinski definition) is 1. The highest BCUT2D eigenvalue weighted by molar-refractivity contribution is 5.70. The summed E-state index contributed by atoms with van der Waals surface area (Å²) in [6.07, 6.45) is 0. The van der Waals surface area contributed by atoms with Gasteiger partial charge in [0.25, 0.3) is 0 Å². The maximum atomic E-state index is 14.2. The van der Waals surface area contributed by atoms with Crippen molar-refractivity contribution in [1.82, 2.24) is 5.32 Å². The first kappa shape index (κ1) is 15.5. The molecule has 0 aliphatic heterocycles. The Morgan fingerprint density at radius 3 is 2.48 bits per heavy atom. The van der Waals surface area contributed by atoms with Crippen molar-refractivity contribution in [3.8, 4) is 16.9 Å². The van der Waals surface area contributed by atoms with E-state index in [1.165, 1.54) is 0 Å². The van der Waals surface area contributed by atoms with Gasteiger partial charge in [0, 0.05) is 12.1 Å². The molecule has 0 saturated heterocycles. The number of ether oxygens (including phenoxy) is 1. The van der Waals surface area contributed by atoms with Crippen LogP contribution in [0.5, 0.6) is 5.75 Å². The molecule has 0 spiro atoms. The van der Waals surface area contributed by atoms with Gasteiger partial charge in [0.05, 0.1) is 7.11 Å². The zero-order valence-corrected chi connectivity index (χ0v) is 13.1. The Kier molecular flexibility index (Phi) is 4.97. The molecule has 0 heterocycles. The highest BCUT2D eigenvalue weighted by Gasteiger charge is 2.11. The molecule has 0 fully saturated rings. The summed E-state index contributed by atoms with van der Waals surface area (Å²) in [5.41, 5.74) is 4.67. The van der Waals surface area contributed by atoms with Crippen LogP contribution in [0.1, 0.15) is 23.6 Å². The molecule has 2 nitrogen and oxygen atoms in total. The first-order chi connectivity index (χ1) is 10.1. The Morgan fingerprint density at radius 2 is 1.81 bits per heavy atom. The van der Waals surface area contributed by atoms with Crippen molar-refractivity contribution >= 4 is 0 Å². The number of aryl methyl sites for hydroxylation is 2. The van der Waals surface area contributed by atoms with E-state index in [4.69, 9.17) is 4.74 Å². The van der Waals surface area contributed by atoms with Gasteiger partial charge in [-0.25, -0.2) is 4.39 Å². The van der Waals surface area contributed by atoms with Crippen LogP contribution in [0.3, 0.4) is 0 Å². The van der Waals surface area contributed by atoms with Gasteiger partial charge in [-0.2, -0.15) is 0 Å². The van der Waals surface area contributed by atoms with Crippen LogP contribution in [0.2, 0.25) is 0 Å². The minimum absolute atomic E-state index is 0.192. The van der Waals surface area contributed by atoms with Crippen molar-refractivity contribution in [2.24, 2.45) is 0 Å². The lowest BCUT2D eigenvalue weighted by atomic mass is 9.96. The maximum Gasteiger partial charge on any atom is 0.131 e. The van der Waals surface area contributed by atoms with Crippen LogP contribution in [0.15, 0.2) is 30.3 Å². The lowest BCUT2D eigenvalue weighted by molar-refractivity contribution is 0.411. The largest absolute Gasteiger partial charge is 0.496 e. The van der Waals surface area contributed by atoms with Gasteiger partial charge in [0.15, 0.2) is 0 Å². The molecule has 0 amide bonds. The fourth-order valence-electron chi connectivity index (χ4n) is 2.46. The second kappa shape index (κ2) is 6.72. The molecule has 0 bridgehead atoms. The van der Waals surface area contributed by atoms with Crippen LogP contribution in [0, 0.1) is 19.7 Å². The molecule has 21 heavy (non-hydrogen) atoms. The van der Waals surface area contributed by atoms with Gasteiger partial charge >= 0.3 is 0 Å². The monoisotopic (exact) mass is 287 g/mol. The Morgan fingerprint density at radius 1 is 1.05 bits per heavy atom. The molecular weight excluding hydrogens is 265 g/mol. The molecule has 112 valence electrons. The van der Waals surface area contributed by atoms with Crippen LogP contribution in [-0.2, 0) is 6.54 Å². The van der Waals surface area contributed by atoms with Gasteiger partial charge < -0.3 is 10.1 Å². The molecule has 1 N–H and O–H groups in total. The predicted octanol–water partition coefficient (Wildman–Crippen LogP) is 4.23. The smallest absolute Gasteiger partial charge is 0.131 e. The number of hydrogen-bond acceptors (Lipinski definition) is 2. The average Bonchev–Trinajstić information content (AvgIpc) is 2.48. The summed E-state index contributed by atoms with van der Waals surface area (Å²) in [4.78, 5) is 0. The van der Waals surface area contributed by atoms with Gasteiger partial charge in [-0.1, -0.05) is 13.0 Å². The first-order valence-corrected chi connectivity index (χ1v) is 7.21. The van der Waals surface area contributed by atoms with E-state index in [2.05, 4.69) is 12.2 Å².